The van der Waals surface area contributed by atoms with Crippen LogP contribution in [0.1, 0.15) is 23.7 Å². The second-order valence-electron chi connectivity index (χ2n) is 5.55. The predicted octanol–water partition coefficient (Wildman–Crippen LogP) is 2.98. The van der Waals surface area contributed by atoms with Crippen molar-refractivity contribution in [2.24, 2.45) is 15.7 Å². The monoisotopic (exact) mass is 404 g/mol. The van der Waals surface area contributed by atoms with Gasteiger partial charge >= 0.3 is 5.97 Å². The van der Waals surface area contributed by atoms with Crippen LogP contribution in [0.5, 0.6) is 0 Å². The highest BCUT2D eigenvalue weighted by atomic mass is 16.5. The molecule has 0 bridgehead atoms. The molecule has 0 aliphatic rings. The zero-order chi connectivity index (χ0) is 21.6. The Labute approximate surface area is 170 Å². The molecule has 0 heterocycles. The zero-order valence-electron chi connectivity index (χ0n) is 17.4. The lowest BCUT2D eigenvalue weighted by Gasteiger charge is -2.13. The number of allylic oxidation sites excluding steroid dienone is 1. The van der Waals surface area contributed by atoms with Crippen LogP contribution in [-0.4, -0.2) is 53.6 Å². The summed E-state index contributed by atoms with van der Waals surface area (Å²) >= 11 is 0. The van der Waals surface area contributed by atoms with Crippen molar-refractivity contribution in [3.8, 4) is 0 Å². The number of nitrogens with two attached hydrogens (primary N) is 1. The van der Waals surface area contributed by atoms with Crippen LogP contribution in [0.3, 0.4) is 0 Å². The molecule has 0 aliphatic heterocycles. The van der Waals surface area contributed by atoms with E-state index in [1.807, 2.05) is 6.08 Å². The van der Waals surface area contributed by atoms with Gasteiger partial charge in [0.25, 0.3) is 0 Å². The Morgan fingerprint density at radius 1 is 1.14 bits per heavy atom. The van der Waals surface area contributed by atoms with Crippen molar-refractivity contribution < 1.29 is 23.7 Å². The van der Waals surface area contributed by atoms with E-state index in [0.29, 0.717) is 47.2 Å². The van der Waals surface area contributed by atoms with Gasteiger partial charge in [-0.1, -0.05) is 0 Å². The fraction of sp³-hybridized carbons (Fsp3) is 0.350. The average Bonchev–Trinajstić information content (AvgIpc) is 2.75. The second-order valence-corrected chi connectivity index (χ2v) is 5.55. The van der Waals surface area contributed by atoms with Crippen molar-refractivity contribution in [2.45, 2.75) is 13.3 Å². The van der Waals surface area contributed by atoms with Crippen LogP contribution in [-0.2, 0) is 18.9 Å². The first-order valence-electron chi connectivity index (χ1n) is 8.77. The molecule has 0 spiro atoms. The summed E-state index contributed by atoms with van der Waals surface area (Å²) in [6.07, 6.45) is 4.95. The SMILES string of the molecule is COC(=O)c1ccc(N=CN=CN)c(NCC/C=C(OC)\C(OC)=C(/C)OC)c1. The van der Waals surface area contributed by atoms with Crippen LogP contribution >= 0.6 is 0 Å². The topological polar surface area (TPSA) is 117 Å². The number of nitrogens with one attached hydrogen (secondary N) is 1. The molecule has 3 N–H and O–H groups in total. The molecule has 0 saturated heterocycles. The van der Waals surface area contributed by atoms with Crippen LogP contribution < -0.4 is 11.1 Å². The summed E-state index contributed by atoms with van der Waals surface area (Å²) in [5.74, 6) is 1.26. The fourth-order valence-electron chi connectivity index (χ4n) is 2.36. The molecule has 0 radical (unpaired) electrons. The van der Waals surface area contributed by atoms with E-state index in [1.54, 1.807) is 46.5 Å². The molecule has 29 heavy (non-hydrogen) atoms. The van der Waals surface area contributed by atoms with Gasteiger partial charge in [0.1, 0.15) is 12.1 Å². The van der Waals surface area contributed by atoms with E-state index in [0.717, 1.165) is 6.34 Å². The highest BCUT2D eigenvalue weighted by Crippen LogP contribution is 2.26. The van der Waals surface area contributed by atoms with Crippen LogP contribution in [0.4, 0.5) is 11.4 Å². The van der Waals surface area contributed by atoms with Crippen molar-refractivity contribution in [3.63, 3.8) is 0 Å². The van der Waals surface area contributed by atoms with Gasteiger partial charge in [-0.3, -0.25) is 0 Å². The molecule has 0 atom stereocenters. The molecular formula is C20H28N4O5. The van der Waals surface area contributed by atoms with Gasteiger partial charge in [-0.2, -0.15) is 0 Å². The standard InChI is InChI=1S/C20H28N4O5/c1-14(26-2)19(28-4)18(27-3)7-6-10-23-17-11-15(20(25)29-5)8-9-16(17)24-13-22-12-21/h7-9,11-13,23H,6,10H2,1-5H3,(H2,21,22,24)/b18-7+,19-14-. The summed E-state index contributed by atoms with van der Waals surface area (Å²) in [5.41, 5.74) is 6.88. The Kier molecular flexibility index (Phi) is 10.4. The molecule has 0 aliphatic carbocycles. The highest BCUT2D eigenvalue weighted by Gasteiger charge is 2.11. The number of carbonyl (C=O) groups is 1. The maximum atomic E-state index is 11.8. The molecular weight excluding hydrogens is 376 g/mol. The Morgan fingerprint density at radius 2 is 1.90 bits per heavy atom. The van der Waals surface area contributed by atoms with E-state index in [2.05, 4.69) is 15.3 Å². The molecule has 0 amide bonds. The van der Waals surface area contributed by atoms with E-state index in [-0.39, 0.29) is 0 Å². The molecule has 158 valence electrons. The molecule has 1 aromatic rings. The van der Waals surface area contributed by atoms with Crippen molar-refractivity contribution in [1.29, 1.82) is 0 Å². The largest absolute Gasteiger partial charge is 0.497 e. The quantitative estimate of drug-likeness (QED) is 0.145. The first-order valence-corrected chi connectivity index (χ1v) is 8.77. The summed E-state index contributed by atoms with van der Waals surface area (Å²) in [6, 6.07) is 4.99. The van der Waals surface area contributed by atoms with Gasteiger partial charge in [0.15, 0.2) is 11.5 Å². The number of benzene rings is 1. The van der Waals surface area contributed by atoms with Gasteiger partial charge in [-0.15, -0.1) is 0 Å². The predicted molar refractivity (Wildman–Crippen MR) is 114 cm³/mol. The lowest BCUT2D eigenvalue weighted by Crippen LogP contribution is -2.06. The highest BCUT2D eigenvalue weighted by molar-refractivity contribution is 5.92. The molecule has 0 aromatic heterocycles. The van der Waals surface area contributed by atoms with E-state index in [9.17, 15) is 4.79 Å². The smallest absolute Gasteiger partial charge is 0.337 e. The van der Waals surface area contributed by atoms with Crippen molar-refractivity contribution in [1.82, 2.24) is 0 Å². The third kappa shape index (κ3) is 7.21. The van der Waals surface area contributed by atoms with Gasteiger partial charge in [-0.25, -0.2) is 14.8 Å². The van der Waals surface area contributed by atoms with Crippen molar-refractivity contribution in [3.05, 3.63) is 47.1 Å². The van der Waals surface area contributed by atoms with Gasteiger partial charge < -0.3 is 30.0 Å². The number of methoxy groups -OCH3 is 4. The van der Waals surface area contributed by atoms with Crippen LogP contribution in [0, 0.1) is 0 Å². The Balaban J connectivity index is 2.99. The molecule has 0 saturated carbocycles. The minimum atomic E-state index is -0.435. The molecule has 1 aromatic carbocycles. The van der Waals surface area contributed by atoms with E-state index >= 15 is 0 Å². The van der Waals surface area contributed by atoms with E-state index in [4.69, 9.17) is 24.7 Å². The van der Waals surface area contributed by atoms with Gasteiger partial charge in [0.2, 0.25) is 0 Å². The zero-order valence-corrected chi connectivity index (χ0v) is 17.4. The lowest BCUT2D eigenvalue weighted by molar-refractivity contribution is 0.0601. The second kappa shape index (κ2) is 12.8. The third-order valence-electron chi connectivity index (χ3n) is 3.83. The minimum absolute atomic E-state index is 0.407. The summed E-state index contributed by atoms with van der Waals surface area (Å²) in [6.45, 7) is 2.33. The normalized spacial score (nSPS) is 12.7. The maximum Gasteiger partial charge on any atom is 0.337 e. The Hall–Kier alpha value is -3.49. The van der Waals surface area contributed by atoms with Gasteiger partial charge in [-0.05, 0) is 37.6 Å². The van der Waals surface area contributed by atoms with Crippen LogP contribution in [0.15, 0.2) is 51.5 Å². The summed E-state index contributed by atoms with van der Waals surface area (Å²) < 4.78 is 20.7. The number of ether oxygens (including phenoxy) is 4. The van der Waals surface area contributed by atoms with Crippen molar-refractivity contribution >= 4 is 30.0 Å². The van der Waals surface area contributed by atoms with E-state index in [1.165, 1.54) is 13.4 Å². The summed E-state index contributed by atoms with van der Waals surface area (Å²) in [7, 11) is 6.01. The number of hydrogen-bond donors (Lipinski definition) is 2. The molecule has 9 nitrogen and oxygen atoms in total. The van der Waals surface area contributed by atoms with E-state index < -0.39 is 5.97 Å². The maximum absolute atomic E-state index is 11.8. The number of rotatable bonds is 11. The third-order valence-corrected chi connectivity index (χ3v) is 3.83. The summed E-state index contributed by atoms with van der Waals surface area (Å²) in [5, 5.41) is 3.25. The molecule has 9 heteroatoms. The van der Waals surface area contributed by atoms with Crippen LogP contribution in [0.25, 0.3) is 0 Å². The van der Waals surface area contributed by atoms with Gasteiger partial charge in [0, 0.05) is 6.54 Å². The first-order chi connectivity index (χ1) is 14.0. The van der Waals surface area contributed by atoms with Crippen LogP contribution in [0.2, 0.25) is 0 Å². The fourth-order valence-corrected chi connectivity index (χ4v) is 2.36. The number of esters is 1. The van der Waals surface area contributed by atoms with Crippen molar-refractivity contribution in [2.75, 3.05) is 40.3 Å². The van der Waals surface area contributed by atoms with Gasteiger partial charge in [0.05, 0.1) is 51.7 Å². The Morgan fingerprint density at radius 3 is 2.48 bits per heavy atom. The Bertz CT molecular complexity index is 800. The number of nitrogens with zero attached hydrogens (tertiary/aromatic N) is 2. The molecule has 1 rings (SSSR count). The number of anilines is 1. The molecule has 0 fully saturated rings. The number of hydrogen-bond acceptors (Lipinski definition) is 7. The lowest BCUT2D eigenvalue weighted by atomic mass is 10.1. The minimum Gasteiger partial charge on any atom is -0.497 e. The number of carbonyl (C=O) groups excluding carboxylic acids is 1. The summed E-state index contributed by atoms with van der Waals surface area (Å²) in [4.78, 5) is 19.8. The first kappa shape index (κ1) is 23.5. The number of aliphatic imine (C=N–C) groups is 2. The molecule has 0 unspecified atom stereocenters. The average molecular weight is 404 g/mol.